The molecule has 0 radical (unpaired) electrons. The molecule has 0 bridgehead atoms. The number of guanidine groups is 1. The summed E-state index contributed by atoms with van der Waals surface area (Å²) >= 11 is 0. The summed E-state index contributed by atoms with van der Waals surface area (Å²) in [7, 11) is 0. The minimum atomic E-state index is -0.274. The standard InChI is InChI=1S/C11H14FN3O/c12-9-1-3-10(4-2-9)14-11(13)15-5-7-16-8-6-15/h1-4H,5-8H2,(H2,13,14). The van der Waals surface area contributed by atoms with E-state index in [0.29, 0.717) is 24.9 Å². The van der Waals surface area contributed by atoms with Crippen LogP contribution in [0.15, 0.2) is 29.3 Å². The van der Waals surface area contributed by atoms with Crippen molar-refractivity contribution in [1.29, 1.82) is 0 Å². The average Bonchev–Trinajstić information content (AvgIpc) is 2.33. The Hall–Kier alpha value is -1.62. The molecule has 0 atom stereocenters. The first kappa shape index (κ1) is 10.9. The smallest absolute Gasteiger partial charge is 0.196 e. The Morgan fingerprint density at radius 2 is 1.88 bits per heavy atom. The molecule has 0 saturated carbocycles. The molecule has 0 aliphatic carbocycles. The Kier molecular flexibility index (Phi) is 3.36. The maximum atomic E-state index is 12.7. The maximum Gasteiger partial charge on any atom is 0.196 e. The van der Waals surface area contributed by atoms with E-state index in [4.69, 9.17) is 10.5 Å². The van der Waals surface area contributed by atoms with Crippen LogP contribution in [0.3, 0.4) is 0 Å². The molecule has 1 aliphatic rings. The Morgan fingerprint density at radius 1 is 1.25 bits per heavy atom. The van der Waals surface area contributed by atoms with Gasteiger partial charge < -0.3 is 15.4 Å². The molecule has 1 aliphatic heterocycles. The van der Waals surface area contributed by atoms with Gasteiger partial charge in [-0.15, -0.1) is 0 Å². The summed E-state index contributed by atoms with van der Waals surface area (Å²) in [5.41, 5.74) is 6.50. The molecule has 0 spiro atoms. The van der Waals surface area contributed by atoms with E-state index < -0.39 is 0 Å². The van der Waals surface area contributed by atoms with Gasteiger partial charge in [-0.05, 0) is 24.3 Å². The number of morpholine rings is 1. The molecule has 1 saturated heterocycles. The first-order valence-corrected chi connectivity index (χ1v) is 5.18. The number of nitrogens with zero attached hydrogens (tertiary/aromatic N) is 2. The minimum absolute atomic E-state index is 0.274. The highest BCUT2D eigenvalue weighted by atomic mass is 19.1. The summed E-state index contributed by atoms with van der Waals surface area (Å²) in [5.74, 6) is 0.179. The topological polar surface area (TPSA) is 50.8 Å². The van der Waals surface area contributed by atoms with E-state index in [1.54, 1.807) is 12.1 Å². The van der Waals surface area contributed by atoms with Gasteiger partial charge in [0.2, 0.25) is 0 Å². The molecule has 0 unspecified atom stereocenters. The summed E-state index contributed by atoms with van der Waals surface area (Å²) in [5, 5.41) is 0. The van der Waals surface area contributed by atoms with Crippen LogP contribution in [0.2, 0.25) is 0 Å². The van der Waals surface area contributed by atoms with E-state index in [1.165, 1.54) is 12.1 Å². The van der Waals surface area contributed by atoms with Crippen LogP contribution in [0.4, 0.5) is 10.1 Å². The first-order chi connectivity index (χ1) is 7.75. The number of halogens is 1. The van der Waals surface area contributed by atoms with Crippen LogP contribution in [0.1, 0.15) is 0 Å². The Labute approximate surface area is 93.5 Å². The van der Waals surface area contributed by atoms with Crippen molar-refractivity contribution in [1.82, 2.24) is 4.90 Å². The third-order valence-corrected chi connectivity index (χ3v) is 2.41. The second-order valence-corrected chi connectivity index (χ2v) is 3.55. The molecule has 2 N–H and O–H groups in total. The molecular weight excluding hydrogens is 209 g/mol. The zero-order chi connectivity index (χ0) is 11.4. The third-order valence-electron chi connectivity index (χ3n) is 2.41. The van der Waals surface area contributed by atoms with Crippen LogP contribution in [-0.4, -0.2) is 37.2 Å². The Bertz CT molecular complexity index is 371. The normalized spacial score (nSPS) is 17.6. The number of hydrogen-bond donors (Lipinski definition) is 1. The van der Waals surface area contributed by atoms with Crippen LogP contribution < -0.4 is 5.73 Å². The molecule has 86 valence electrons. The molecule has 1 aromatic carbocycles. The number of hydrogen-bond acceptors (Lipinski definition) is 2. The molecule has 0 aromatic heterocycles. The van der Waals surface area contributed by atoms with Gasteiger partial charge in [-0.25, -0.2) is 9.38 Å². The van der Waals surface area contributed by atoms with Crippen LogP contribution >= 0.6 is 0 Å². The van der Waals surface area contributed by atoms with Gasteiger partial charge in [0, 0.05) is 13.1 Å². The van der Waals surface area contributed by atoms with Crippen LogP contribution in [0.25, 0.3) is 0 Å². The summed E-state index contributed by atoms with van der Waals surface area (Å²) < 4.78 is 17.9. The largest absolute Gasteiger partial charge is 0.378 e. The highest BCUT2D eigenvalue weighted by Gasteiger charge is 2.11. The second-order valence-electron chi connectivity index (χ2n) is 3.55. The van der Waals surface area contributed by atoms with Crippen molar-refractivity contribution in [2.24, 2.45) is 10.7 Å². The quantitative estimate of drug-likeness (QED) is 0.573. The molecule has 4 nitrogen and oxygen atoms in total. The predicted molar refractivity (Wildman–Crippen MR) is 60.1 cm³/mol. The molecule has 2 rings (SSSR count). The predicted octanol–water partition coefficient (Wildman–Crippen LogP) is 1.10. The lowest BCUT2D eigenvalue weighted by Gasteiger charge is -2.27. The molecule has 0 amide bonds. The zero-order valence-corrected chi connectivity index (χ0v) is 8.90. The van der Waals surface area contributed by atoms with Gasteiger partial charge in [-0.1, -0.05) is 0 Å². The van der Waals surface area contributed by atoms with Crippen LogP contribution in [0.5, 0.6) is 0 Å². The van der Waals surface area contributed by atoms with Crippen molar-refractivity contribution >= 4 is 11.6 Å². The van der Waals surface area contributed by atoms with Crippen LogP contribution in [0, 0.1) is 5.82 Å². The lowest BCUT2D eigenvalue weighted by Crippen LogP contribution is -2.44. The van der Waals surface area contributed by atoms with E-state index in [0.717, 1.165) is 13.1 Å². The van der Waals surface area contributed by atoms with Crippen molar-refractivity contribution in [2.45, 2.75) is 0 Å². The van der Waals surface area contributed by atoms with Crippen molar-refractivity contribution in [3.8, 4) is 0 Å². The number of rotatable bonds is 1. The highest BCUT2D eigenvalue weighted by molar-refractivity contribution is 5.81. The lowest BCUT2D eigenvalue weighted by atomic mass is 10.3. The fourth-order valence-corrected chi connectivity index (χ4v) is 1.51. The van der Waals surface area contributed by atoms with Gasteiger partial charge in [0.05, 0.1) is 18.9 Å². The van der Waals surface area contributed by atoms with Gasteiger partial charge in [0.25, 0.3) is 0 Å². The van der Waals surface area contributed by atoms with Crippen molar-refractivity contribution in [3.05, 3.63) is 30.1 Å². The van der Waals surface area contributed by atoms with Gasteiger partial charge in [0.1, 0.15) is 5.82 Å². The fourth-order valence-electron chi connectivity index (χ4n) is 1.51. The third kappa shape index (κ3) is 2.70. The lowest BCUT2D eigenvalue weighted by molar-refractivity contribution is 0.0675. The number of nitrogens with two attached hydrogens (primary N) is 1. The monoisotopic (exact) mass is 223 g/mol. The number of ether oxygens (including phenoxy) is 1. The summed E-state index contributed by atoms with van der Waals surface area (Å²) in [6.07, 6.45) is 0. The Morgan fingerprint density at radius 3 is 2.50 bits per heavy atom. The van der Waals surface area contributed by atoms with Crippen LogP contribution in [-0.2, 0) is 4.74 Å². The van der Waals surface area contributed by atoms with E-state index in [2.05, 4.69) is 4.99 Å². The van der Waals surface area contributed by atoms with Gasteiger partial charge >= 0.3 is 0 Å². The first-order valence-electron chi connectivity index (χ1n) is 5.18. The summed E-state index contributed by atoms with van der Waals surface area (Å²) in [4.78, 5) is 6.17. The molecule has 5 heteroatoms. The zero-order valence-electron chi connectivity index (χ0n) is 8.90. The van der Waals surface area contributed by atoms with Crippen molar-refractivity contribution in [3.63, 3.8) is 0 Å². The van der Waals surface area contributed by atoms with E-state index in [1.807, 2.05) is 4.90 Å². The van der Waals surface area contributed by atoms with Crippen molar-refractivity contribution < 1.29 is 9.13 Å². The minimum Gasteiger partial charge on any atom is -0.378 e. The maximum absolute atomic E-state index is 12.7. The van der Waals surface area contributed by atoms with Gasteiger partial charge in [0.15, 0.2) is 5.96 Å². The van der Waals surface area contributed by atoms with E-state index in [-0.39, 0.29) is 5.82 Å². The van der Waals surface area contributed by atoms with E-state index in [9.17, 15) is 4.39 Å². The molecule has 1 aromatic rings. The SMILES string of the molecule is NC(=Nc1ccc(F)cc1)N1CCOCC1. The summed E-state index contributed by atoms with van der Waals surface area (Å²) in [6, 6.07) is 5.93. The summed E-state index contributed by atoms with van der Waals surface area (Å²) in [6.45, 7) is 2.83. The molecule has 1 heterocycles. The van der Waals surface area contributed by atoms with Gasteiger partial charge in [-0.2, -0.15) is 0 Å². The number of benzene rings is 1. The molecule has 16 heavy (non-hydrogen) atoms. The van der Waals surface area contributed by atoms with Gasteiger partial charge in [-0.3, -0.25) is 0 Å². The van der Waals surface area contributed by atoms with Crippen molar-refractivity contribution in [2.75, 3.05) is 26.3 Å². The highest BCUT2D eigenvalue weighted by Crippen LogP contribution is 2.12. The fraction of sp³-hybridized carbons (Fsp3) is 0.364. The van der Waals surface area contributed by atoms with E-state index >= 15 is 0 Å². The second kappa shape index (κ2) is 4.94. The Balaban J connectivity index is 2.07. The average molecular weight is 223 g/mol. The number of aliphatic imine (C=N–C) groups is 1. The molecule has 1 fully saturated rings. The molecular formula is C11H14FN3O.